The summed E-state index contributed by atoms with van der Waals surface area (Å²) in [5.41, 5.74) is 1.07. The molecule has 1 aliphatic rings. The highest BCUT2D eigenvalue weighted by Crippen LogP contribution is 2.34. The van der Waals surface area contributed by atoms with E-state index in [2.05, 4.69) is 10.6 Å². The molecule has 1 aliphatic heterocycles. The molecule has 0 bridgehead atoms. The fourth-order valence-corrected chi connectivity index (χ4v) is 3.30. The van der Waals surface area contributed by atoms with Gasteiger partial charge in [0, 0.05) is 17.5 Å². The van der Waals surface area contributed by atoms with E-state index in [4.69, 9.17) is 21.1 Å². The Hall–Kier alpha value is -2.38. The molecule has 3 rings (SSSR count). The molecule has 0 fully saturated rings. The summed E-state index contributed by atoms with van der Waals surface area (Å²) >= 11 is 7.50. The van der Waals surface area contributed by atoms with Crippen molar-refractivity contribution in [1.82, 2.24) is 0 Å². The number of fused-ring (bicyclic) bond motifs is 1. The van der Waals surface area contributed by atoms with E-state index < -0.39 is 0 Å². The van der Waals surface area contributed by atoms with Crippen molar-refractivity contribution in [2.75, 3.05) is 29.6 Å². The third-order valence-corrected chi connectivity index (χ3v) is 4.75. The zero-order valence-electron chi connectivity index (χ0n) is 14.0. The van der Waals surface area contributed by atoms with E-state index in [9.17, 15) is 9.59 Å². The van der Waals surface area contributed by atoms with Crippen LogP contribution in [0.25, 0.3) is 0 Å². The van der Waals surface area contributed by atoms with Crippen molar-refractivity contribution in [3.8, 4) is 11.5 Å². The van der Waals surface area contributed by atoms with Crippen molar-refractivity contribution >= 4 is 46.6 Å². The minimum atomic E-state index is -0.209. The molecule has 0 aliphatic carbocycles. The first-order valence-electron chi connectivity index (χ1n) is 7.91. The van der Waals surface area contributed by atoms with Crippen LogP contribution in [0, 0.1) is 0 Å². The summed E-state index contributed by atoms with van der Waals surface area (Å²) in [7, 11) is 0. The van der Waals surface area contributed by atoms with Crippen LogP contribution in [-0.2, 0) is 9.59 Å². The number of nitrogens with one attached hydrogen (secondary N) is 2. The number of hydrogen-bond donors (Lipinski definition) is 2. The quantitative estimate of drug-likeness (QED) is 0.757. The van der Waals surface area contributed by atoms with Gasteiger partial charge in [-0.25, -0.2) is 0 Å². The van der Waals surface area contributed by atoms with Crippen molar-refractivity contribution in [3.05, 3.63) is 41.4 Å². The van der Waals surface area contributed by atoms with Gasteiger partial charge in [0.15, 0.2) is 11.5 Å². The molecule has 0 spiro atoms. The third kappa shape index (κ3) is 4.83. The van der Waals surface area contributed by atoms with Crippen LogP contribution >= 0.6 is 23.4 Å². The van der Waals surface area contributed by atoms with Crippen LogP contribution in [0.2, 0.25) is 5.02 Å². The van der Waals surface area contributed by atoms with E-state index in [-0.39, 0.29) is 17.6 Å². The molecule has 0 radical (unpaired) electrons. The van der Waals surface area contributed by atoms with Gasteiger partial charge in [0.1, 0.15) is 13.2 Å². The molecule has 2 aromatic carbocycles. The van der Waals surface area contributed by atoms with Crippen molar-refractivity contribution in [3.63, 3.8) is 0 Å². The predicted molar refractivity (Wildman–Crippen MR) is 103 cm³/mol. The second kappa shape index (κ2) is 8.33. The van der Waals surface area contributed by atoms with Crippen LogP contribution in [0.4, 0.5) is 11.4 Å². The Bertz CT molecular complexity index is 844. The molecular formula is C18H17ClN2O4S. The van der Waals surface area contributed by atoms with Crippen molar-refractivity contribution in [2.45, 2.75) is 11.8 Å². The van der Waals surface area contributed by atoms with Gasteiger partial charge in [0.2, 0.25) is 11.8 Å². The predicted octanol–water partition coefficient (Wildman–Crippen LogP) is 3.80. The number of amides is 2. The summed E-state index contributed by atoms with van der Waals surface area (Å²) in [6, 6.07) is 10.5. The summed E-state index contributed by atoms with van der Waals surface area (Å²) in [5.74, 6) is 1.29. The maximum Gasteiger partial charge on any atom is 0.234 e. The normalized spacial score (nSPS) is 12.4. The minimum absolute atomic E-state index is 0.159. The highest BCUT2D eigenvalue weighted by molar-refractivity contribution is 8.00. The van der Waals surface area contributed by atoms with Crippen LogP contribution in [0.3, 0.4) is 0 Å². The Morgan fingerprint density at radius 1 is 1.08 bits per heavy atom. The van der Waals surface area contributed by atoms with E-state index in [0.717, 1.165) is 10.6 Å². The molecule has 6 nitrogen and oxygen atoms in total. The number of rotatable bonds is 5. The zero-order chi connectivity index (χ0) is 18.5. The van der Waals surface area contributed by atoms with Gasteiger partial charge < -0.3 is 20.1 Å². The number of benzene rings is 2. The van der Waals surface area contributed by atoms with E-state index in [1.165, 1.54) is 18.7 Å². The van der Waals surface area contributed by atoms with Gasteiger partial charge in [-0.15, -0.1) is 11.8 Å². The van der Waals surface area contributed by atoms with Crippen LogP contribution in [-0.4, -0.2) is 30.8 Å². The topological polar surface area (TPSA) is 76.7 Å². The molecule has 0 saturated carbocycles. The minimum Gasteiger partial charge on any atom is -0.486 e. The number of hydrogen-bond acceptors (Lipinski definition) is 5. The molecule has 0 saturated heterocycles. The lowest BCUT2D eigenvalue weighted by Gasteiger charge is -2.18. The van der Waals surface area contributed by atoms with Gasteiger partial charge in [0.05, 0.1) is 16.5 Å². The Morgan fingerprint density at radius 2 is 1.85 bits per heavy atom. The average Bonchev–Trinajstić information content (AvgIpc) is 2.62. The first kappa shape index (κ1) is 18.4. The molecule has 26 heavy (non-hydrogen) atoms. The van der Waals surface area contributed by atoms with Gasteiger partial charge >= 0.3 is 0 Å². The lowest BCUT2D eigenvalue weighted by atomic mass is 10.2. The summed E-state index contributed by atoms with van der Waals surface area (Å²) < 4.78 is 11.0. The van der Waals surface area contributed by atoms with E-state index in [0.29, 0.717) is 35.4 Å². The lowest BCUT2D eigenvalue weighted by molar-refractivity contribution is -0.114. The van der Waals surface area contributed by atoms with Gasteiger partial charge in [0.25, 0.3) is 0 Å². The summed E-state index contributed by atoms with van der Waals surface area (Å²) in [4.78, 5) is 24.1. The Morgan fingerprint density at radius 3 is 2.58 bits per heavy atom. The first-order valence-corrected chi connectivity index (χ1v) is 9.27. The maximum atomic E-state index is 12.1. The van der Waals surface area contributed by atoms with Crippen LogP contribution in [0.15, 0.2) is 41.3 Å². The first-order chi connectivity index (χ1) is 12.5. The van der Waals surface area contributed by atoms with Gasteiger partial charge in [-0.2, -0.15) is 0 Å². The fraction of sp³-hybridized carbons (Fsp3) is 0.222. The molecule has 2 aromatic rings. The number of ether oxygens (including phenoxy) is 2. The number of halogens is 1. The van der Waals surface area contributed by atoms with Crippen molar-refractivity contribution < 1.29 is 19.1 Å². The molecule has 0 atom stereocenters. The van der Waals surface area contributed by atoms with Crippen molar-refractivity contribution in [2.24, 2.45) is 0 Å². The fourth-order valence-electron chi connectivity index (χ4n) is 2.34. The lowest BCUT2D eigenvalue weighted by Crippen LogP contribution is -2.15. The molecule has 0 unspecified atom stereocenters. The van der Waals surface area contributed by atoms with Crippen LogP contribution in [0.1, 0.15) is 6.92 Å². The van der Waals surface area contributed by atoms with E-state index in [1.54, 1.807) is 18.2 Å². The molecule has 2 amide bonds. The number of anilines is 2. The second-order valence-electron chi connectivity index (χ2n) is 5.52. The Labute approximate surface area is 160 Å². The van der Waals surface area contributed by atoms with Gasteiger partial charge in [-0.3, -0.25) is 9.59 Å². The summed E-state index contributed by atoms with van der Waals surface area (Å²) in [6.45, 7) is 2.48. The number of carbonyl (C=O) groups is 2. The van der Waals surface area contributed by atoms with Gasteiger partial charge in [-0.05, 0) is 36.4 Å². The highest BCUT2D eigenvalue weighted by Gasteiger charge is 2.13. The van der Waals surface area contributed by atoms with Crippen molar-refractivity contribution in [1.29, 1.82) is 0 Å². The molecular weight excluding hydrogens is 376 g/mol. The maximum absolute atomic E-state index is 12.1. The Kier molecular flexibility index (Phi) is 5.90. The molecule has 2 N–H and O–H groups in total. The molecule has 0 aromatic heterocycles. The van der Waals surface area contributed by atoms with E-state index in [1.807, 2.05) is 18.2 Å². The standard InChI is InChI=1S/C18H17ClN2O4S/c1-11(22)20-15-4-2-12(8-14(15)19)21-18(23)10-26-13-3-5-16-17(9-13)25-7-6-24-16/h2-5,8-9H,6-7,10H2,1H3,(H,20,22)(H,21,23). The van der Waals surface area contributed by atoms with Gasteiger partial charge in [-0.1, -0.05) is 11.6 Å². The number of carbonyl (C=O) groups excluding carboxylic acids is 2. The average molecular weight is 393 g/mol. The highest BCUT2D eigenvalue weighted by atomic mass is 35.5. The molecule has 136 valence electrons. The van der Waals surface area contributed by atoms with E-state index >= 15 is 0 Å². The summed E-state index contributed by atoms with van der Waals surface area (Å²) in [6.07, 6.45) is 0. The monoisotopic (exact) mass is 392 g/mol. The summed E-state index contributed by atoms with van der Waals surface area (Å²) in [5, 5.41) is 5.76. The van der Waals surface area contributed by atoms with Crippen LogP contribution < -0.4 is 20.1 Å². The third-order valence-electron chi connectivity index (χ3n) is 3.45. The smallest absolute Gasteiger partial charge is 0.234 e. The van der Waals surface area contributed by atoms with Crippen LogP contribution in [0.5, 0.6) is 11.5 Å². The molecule has 8 heteroatoms. The molecule has 1 heterocycles. The second-order valence-corrected chi connectivity index (χ2v) is 6.97. The zero-order valence-corrected chi connectivity index (χ0v) is 15.6. The largest absolute Gasteiger partial charge is 0.486 e. The number of thioether (sulfide) groups is 1. The SMILES string of the molecule is CC(=O)Nc1ccc(NC(=O)CSc2ccc3c(c2)OCCO3)cc1Cl. The Balaban J connectivity index is 1.56.